The summed E-state index contributed by atoms with van der Waals surface area (Å²) in [6.07, 6.45) is 0.523. The lowest BCUT2D eigenvalue weighted by molar-refractivity contribution is 0.0717. The van der Waals surface area contributed by atoms with Crippen molar-refractivity contribution in [3.8, 4) is 5.69 Å². The molecule has 0 saturated heterocycles. The zero-order valence-electron chi connectivity index (χ0n) is 17.9. The molecule has 1 unspecified atom stereocenters. The summed E-state index contributed by atoms with van der Waals surface area (Å²) in [5, 5.41) is 1.64. The van der Waals surface area contributed by atoms with E-state index in [1.807, 2.05) is 13.0 Å². The number of aromatic nitrogens is 2. The van der Waals surface area contributed by atoms with Gasteiger partial charge in [0.2, 0.25) is 0 Å². The minimum absolute atomic E-state index is 0.230. The molecule has 3 aromatic carbocycles. The molecule has 0 fully saturated rings. The monoisotopic (exact) mass is 499 g/mol. The number of nitrogens with zero attached hydrogens (tertiary/aromatic N) is 3. The summed E-state index contributed by atoms with van der Waals surface area (Å²) in [5.41, 5.74) is 1.30. The van der Waals surface area contributed by atoms with Crippen molar-refractivity contribution in [2.75, 3.05) is 7.05 Å². The first kappa shape index (κ1) is 23.3. The molecule has 5 nitrogen and oxygen atoms in total. The number of para-hydroxylation sites is 1. The summed E-state index contributed by atoms with van der Waals surface area (Å²) in [4.78, 5) is 33.3. The molecule has 4 aromatic rings. The van der Waals surface area contributed by atoms with Crippen LogP contribution in [0.1, 0.15) is 35.6 Å². The van der Waals surface area contributed by atoms with Crippen molar-refractivity contribution < 1.29 is 4.79 Å². The number of amides is 1. The summed E-state index contributed by atoms with van der Waals surface area (Å²) in [6, 6.07) is 18.4. The van der Waals surface area contributed by atoms with E-state index in [2.05, 4.69) is 0 Å². The fraction of sp³-hybridized carbons (Fsp3) is 0.160. The highest BCUT2D eigenvalue weighted by Gasteiger charge is 2.27. The lowest BCUT2D eigenvalue weighted by Crippen LogP contribution is -2.36. The van der Waals surface area contributed by atoms with Crippen molar-refractivity contribution in [2.45, 2.75) is 19.4 Å². The van der Waals surface area contributed by atoms with Gasteiger partial charge in [-0.2, -0.15) is 0 Å². The average Bonchev–Trinajstić information content (AvgIpc) is 2.81. The molecule has 0 aliphatic carbocycles. The number of carbonyl (C=O) groups is 1. The second kappa shape index (κ2) is 9.56. The van der Waals surface area contributed by atoms with Crippen molar-refractivity contribution in [2.24, 2.45) is 0 Å². The highest BCUT2D eigenvalue weighted by atomic mass is 35.5. The van der Waals surface area contributed by atoms with Crippen molar-refractivity contribution in [1.82, 2.24) is 14.5 Å². The highest BCUT2D eigenvalue weighted by Crippen LogP contribution is 2.28. The lowest BCUT2D eigenvalue weighted by atomic mass is 10.1. The molecule has 0 radical (unpaired) electrons. The second-order valence-corrected chi connectivity index (χ2v) is 8.83. The Labute approximate surface area is 206 Å². The number of halogens is 3. The Morgan fingerprint density at radius 2 is 1.76 bits per heavy atom. The fourth-order valence-electron chi connectivity index (χ4n) is 3.84. The van der Waals surface area contributed by atoms with Crippen LogP contribution in [0.5, 0.6) is 0 Å². The van der Waals surface area contributed by atoms with Gasteiger partial charge < -0.3 is 4.90 Å². The molecular weight excluding hydrogens is 481 g/mol. The average molecular weight is 501 g/mol. The molecule has 1 atom stereocenters. The van der Waals surface area contributed by atoms with Crippen LogP contribution in [0.2, 0.25) is 15.1 Å². The molecular formula is C25H20Cl3N3O2. The van der Waals surface area contributed by atoms with E-state index in [-0.39, 0.29) is 11.5 Å². The van der Waals surface area contributed by atoms with E-state index in [9.17, 15) is 9.59 Å². The van der Waals surface area contributed by atoms with E-state index in [1.54, 1.807) is 66.5 Å². The first-order valence-electron chi connectivity index (χ1n) is 10.3. The maximum Gasteiger partial charge on any atom is 0.266 e. The SMILES string of the molecule is CCC(c1nc2ccccc2c(=O)n1-c1cccc(Cl)c1)N(C)C(=O)c1ccc(Cl)c(Cl)c1. The van der Waals surface area contributed by atoms with E-state index in [0.29, 0.717) is 49.5 Å². The minimum atomic E-state index is -0.497. The van der Waals surface area contributed by atoms with Gasteiger partial charge in [-0.15, -0.1) is 0 Å². The number of carbonyl (C=O) groups excluding carboxylic acids is 1. The molecule has 1 amide bonds. The van der Waals surface area contributed by atoms with Gasteiger partial charge in [0, 0.05) is 17.6 Å². The predicted octanol–water partition coefficient (Wildman–Crippen LogP) is 6.57. The van der Waals surface area contributed by atoms with E-state index in [4.69, 9.17) is 39.8 Å². The van der Waals surface area contributed by atoms with Gasteiger partial charge in [-0.3, -0.25) is 14.2 Å². The molecule has 0 bridgehead atoms. The maximum absolute atomic E-state index is 13.6. The van der Waals surface area contributed by atoms with Crippen LogP contribution < -0.4 is 5.56 Å². The Balaban J connectivity index is 1.90. The van der Waals surface area contributed by atoms with Crippen LogP contribution in [0, 0.1) is 0 Å². The number of rotatable bonds is 5. The number of hydrogen-bond acceptors (Lipinski definition) is 3. The largest absolute Gasteiger partial charge is 0.332 e. The first-order valence-corrected chi connectivity index (χ1v) is 11.4. The van der Waals surface area contributed by atoms with Gasteiger partial charge >= 0.3 is 0 Å². The van der Waals surface area contributed by atoms with Crippen LogP contribution in [0.25, 0.3) is 16.6 Å². The van der Waals surface area contributed by atoms with Crippen LogP contribution in [0.15, 0.2) is 71.5 Å². The molecule has 0 aliphatic rings. The van der Waals surface area contributed by atoms with Crippen molar-refractivity contribution >= 4 is 51.6 Å². The molecule has 0 aliphatic heterocycles. The molecule has 0 saturated carbocycles. The molecule has 33 heavy (non-hydrogen) atoms. The first-order chi connectivity index (χ1) is 15.8. The van der Waals surface area contributed by atoms with Crippen LogP contribution in [0.3, 0.4) is 0 Å². The van der Waals surface area contributed by atoms with Gasteiger partial charge in [-0.1, -0.05) is 59.9 Å². The quantitative estimate of drug-likeness (QED) is 0.311. The lowest BCUT2D eigenvalue weighted by Gasteiger charge is -2.29. The van der Waals surface area contributed by atoms with Crippen LogP contribution in [0.4, 0.5) is 0 Å². The smallest absolute Gasteiger partial charge is 0.266 e. The molecule has 0 spiro atoms. The van der Waals surface area contributed by atoms with Crippen molar-refractivity contribution in [3.63, 3.8) is 0 Å². The Hall–Kier alpha value is -2.86. The van der Waals surface area contributed by atoms with Crippen molar-refractivity contribution in [1.29, 1.82) is 0 Å². The third-order valence-corrected chi connectivity index (χ3v) is 6.48. The van der Waals surface area contributed by atoms with E-state index in [0.717, 1.165) is 0 Å². The zero-order valence-corrected chi connectivity index (χ0v) is 20.2. The summed E-state index contributed by atoms with van der Waals surface area (Å²) >= 11 is 18.4. The summed E-state index contributed by atoms with van der Waals surface area (Å²) in [6.45, 7) is 1.94. The zero-order chi connectivity index (χ0) is 23.7. The highest BCUT2D eigenvalue weighted by molar-refractivity contribution is 6.42. The molecule has 1 heterocycles. The number of hydrogen-bond donors (Lipinski definition) is 0. The molecule has 4 rings (SSSR count). The summed E-state index contributed by atoms with van der Waals surface area (Å²) < 4.78 is 1.53. The van der Waals surface area contributed by atoms with Gasteiger partial charge in [0.1, 0.15) is 5.82 Å². The topological polar surface area (TPSA) is 55.2 Å². The van der Waals surface area contributed by atoms with Crippen LogP contribution in [-0.2, 0) is 0 Å². The molecule has 0 N–H and O–H groups in total. The number of fused-ring (bicyclic) bond motifs is 1. The third-order valence-electron chi connectivity index (χ3n) is 5.51. The second-order valence-electron chi connectivity index (χ2n) is 7.58. The van der Waals surface area contributed by atoms with Gasteiger partial charge in [0.25, 0.3) is 11.5 Å². The summed E-state index contributed by atoms with van der Waals surface area (Å²) in [5.74, 6) is 0.180. The van der Waals surface area contributed by atoms with E-state index >= 15 is 0 Å². The van der Waals surface area contributed by atoms with Gasteiger partial charge in [0.15, 0.2) is 0 Å². The van der Waals surface area contributed by atoms with Gasteiger partial charge in [-0.05, 0) is 55.0 Å². The third kappa shape index (κ3) is 4.49. The normalized spacial score (nSPS) is 12.0. The Morgan fingerprint density at radius 1 is 1.00 bits per heavy atom. The number of benzene rings is 3. The Bertz CT molecular complexity index is 1420. The van der Waals surface area contributed by atoms with E-state index in [1.165, 1.54) is 10.6 Å². The molecule has 1 aromatic heterocycles. The van der Waals surface area contributed by atoms with Crippen LogP contribution >= 0.6 is 34.8 Å². The predicted molar refractivity (Wildman–Crippen MR) is 134 cm³/mol. The maximum atomic E-state index is 13.6. The Morgan fingerprint density at radius 3 is 2.45 bits per heavy atom. The fourth-order valence-corrected chi connectivity index (χ4v) is 4.32. The standard InChI is InChI=1S/C25H20Cl3N3O2/c1-3-22(30(2)24(32)15-11-12-19(27)20(28)13-15)23-29-21-10-5-4-9-18(21)25(33)31(23)17-8-6-7-16(26)14-17/h4-14,22H,3H2,1-2H3. The molecule has 168 valence electrons. The van der Waals surface area contributed by atoms with Gasteiger partial charge in [-0.25, -0.2) is 4.98 Å². The minimum Gasteiger partial charge on any atom is -0.332 e. The summed E-state index contributed by atoms with van der Waals surface area (Å²) in [7, 11) is 1.68. The van der Waals surface area contributed by atoms with E-state index < -0.39 is 6.04 Å². The van der Waals surface area contributed by atoms with Gasteiger partial charge in [0.05, 0.1) is 32.7 Å². The van der Waals surface area contributed by atoms with Crippen LogP contribution in [-0.4, -0.2) is 27.4 Å². The Kier molecular flexibility index (Phi) is 6.75. The molecule has 8 heteroatoms. The van der Waals surface area contributed by atoms with Crippen molar-refractivity contribution in [3.05, 3.63) is 104 Å².